The van der Waals surface area contributed by atoms with Crippen LogP contribution >= 0.6 is 0 Å². The van der Waals surface area contributed by atoms with Gasteiger partial charge < -0.3 is 9.64 Å². The first-order valence-electron chi connectivity index (χ1n) is 4.94. The number of hydrogen-bond acceptors (Lipinski definition) is 2. The third-order valence-electron chi connectivity index (χ3n) is 2.15. The zero-order chi connectivity index (χ0) is 13.1. The van der Waals surface area contributed by atoms with Gasteiger partial charge in [0.1, 0.15) is 5.75 Å². The van der Waals surface area contributed by atoms with E-state index in [1.54, 1.807) is 6.92 Å². The number of ether oxygens (including phenoxy) is 1. The van der Waals surface area contributed by atoms with Crippen LogP contribution in [-0.2, 0) is 6.18 Å². The maximum Gasteiger partial charge on any atom is 0.416 e. The number of carbonyl (C=O) groups excluding carboxylic acids is 1. The first kappa shape index (κ1) is 13.3. The van der Waals surface area contributed by atoms with Gasteiger partial charge in [0.25, 0.3) is 0 Å². The Bertz CT molecular complexity index is 404. The molecule has 0 saturated heterocycles. The Morgan fingerprint density at radius 1 is 1.41 bits per heavy atom. The highest BCUT2D eigenvalue weighted by molar-refractivity contribution is 5.70. The van der Waals surface area contributed by atoms with E-state index >= 15 is 0 Å². The minimum Gasteiger partial charge on any atom is -0.410 e. The first-order chi connectivity index (χ1) is 7.84. The summed E-state index contributed by atoms with van der Waals surface area (Å²) in [7, 11) is 1.50. The molecule has 0 saturated carbocycles. The molecule has 0 aliphatic heterocycles. The van der Waals surface area contributed by atoms with Crippen molar-refractivity contribution in [2.45, 2.75) is 13.1 Å². The fourth-order valence-electron chi connectivity index (χ4n) is 1.04. The molecule has 0 N–H and O–H groups in total. The maximum absolute atomic E-state index is 12.4. The molecule has 0 unspecified atom stereocenters. The van der Waals surface area contributed by atoms with Gasteiger partial charge in [-0.2, -0.15) is 13.2 Å². The van der Waals surface area contributed by atoms with E-state index in [1.165, 1.54) is 24.1 Å². The van der Waals surface area contributed by atoms with Crippen LogP contribution in [0.5, 0.6) is 5.75 Å². The number of carbonyl (C=O) groups is 1. The van der Waals surface area contributed by atoms with Gasteiger partial charge in [-0.15, -0.1) is 0 Å². The van der Waals surface area contributed by atoms with E-state index in [0.717, 1.165) is 12.1 Å². The third-order valence-corrected chi connectivity index (χ3v) is 2.15. The molecule has 1 rings (SSSR count). The highest BCUT2D eigenvalue weighted by Crippen LogP contribution is 2.31. The lowest BCUT2D eigenvalue weighted by molar-refractivity contribution is -0.137. The van der Waals surface area contributed by atoms with Crippen LogP contribution in [0.3, 0.4) is 0 Å². The van der Waals surface area contributed by atoms with Gasteiger partial charge in [-0.25, -0.2) is 4.79 Å². The summed E-state index contributed by atoms with van der Waals surface area (Å²) in [5.41, 5.74) is -0.845. The monoisotopic (exact) mass is 247 g/mol. The second-order valence-corrected chi connectivity index (χ2v) is 3.41. The molecule has 6 heteroatoms. The van der Waals surface area contributed by atoms with Crippen LogP contribution in [0, 0.1) is 0 Å². The summed E-state index contributed by atoms with van der Waals surface area (Å²) in [4.78, 5) is 12.6. The predicted molar refractivity (Wildman–Crippen MR) is 55.8 cm³/mol. The number of benzene rings is 1. The van der Waals surface area contributed by atoms with Gasteiger partial charge in [-0.3, -0.25) is 0 Å². The average Bonchev–Trinajstić information content (AvgIpc) is 2.27. The van der Waals surface area contributed by atoms with Crippen LogP contribution in [0.2, 0.25) is 0 Å². The number of halogens is 3. The Hall–Kier alpha value is -1.72. The molecule has 17 heavy (non-hydrogen) atoms. The number of alkyl halides is 3. The van der Waals surface area contributed by atoms with Crippen LogP contribution in [0.15, 0.2) is 24.3 Å². The minimum absolute atomic E-state index is 0.120. The number of hydrogen-bond donors (Lipinski definition) is 0. The molecule has 0 radical (unpaired) electrons. The second-order valence-electron chi connectivity index (χ2n) is 3.41. The van der Waals surface area contributed by atoms with Crippen molar-refractivity contribution in [1.82, 2.24) is 4.90 Å². The fourth-order valence-corrected chi connectivity index (χ4v) is 1.04. The molecular formula is C11H12F3NO2. The molecule has 0 aliphatic rings. The van der Waals surface area contributed by atoms with Crippen LogP contribution in [0.4, 0.5) is 18.0 Å². The zero-order valence-electron chi connectivity index (χ0n) is 9.41. The van der Waals surface area contributed by atoms with Crippen molar-refractivity contribution < 1.29 is 22.7 Å². The molecule has 0 bridgehead atoms. The summed E-state index contributed by atoms with van der Waals surface area (Å²) in [6.07, 6.45) is -5.13. The standard InChI is InChI=1S/C11H12F3NO2/c1-3-15(2)10(16)17-9-6-4-5-8(7-9)11(12,13)14/h4-7H,3H2,1-2H3. The lowest BCUT2D eigenvalue weighted by Gasteiger charge is -2.15. The zero-order valence-corrected chi connectivity index (χ0v) is 9.41. The molecule has 0 spiro atoms. The summed E-state index contributed by atoms with van der Waals surface area (Å²) in [6.45, 7) is 2.14. The van der Waals surface area contributed by atoms with E-state index < -0.39 is 17.8 Å². The van der Waals surface area contributed by atoms with Crippen molar-refractivity contribution in [1.29, 1.82) is 0 Å². The van der Waals surface area contributed by atoms with Gasteiger partial charge in [0, 0.05) is 13.6 Å². The lowest BCUT2D eigenvalue weighted by Crippen LogP contribution is -2.29. The number of amides is 1. The Labute approximate surface area is 96.8 Å². The molecule has 0 fully saturated rings. The maximum atomic E-state index is 12.4. The van der Waals surface area contributed by atoms with Gasteiger partial charge in [0.05, 0.1) is 5.56 Å². The topological polar surface area (TPSA) is 29.5 Å². The smallest absolute Gasteiger partial charge is 0.410 e. The van der Waals surface area contributed by atoms with E-state index in [-0.39, 0.29) is 5.75 Å². The number of rotatable bonds is 2. The molecule has 0 atom stereocenters. The molecule has 1 aromatic carbocycles. The Balaban J connectivity index is 2.83. The largest absolute Gasteiger partial charge is 0.416 e. The fraction of sp³-hybridized carbons (Fsp3) is 0.364. The Morgan fingerprint density at radius 2 is 2.06 bits per heavy atom. The molecule has 0 heterocycles. The van der Waals surface area contributed by atoms with Crippen molar-refractivity contribution in [3.05, 3.63) is 29.8 Å². The van der Waals surface area contributed by atoms with Gasteiger partial charge in [-0.05, 0) is 25.1 Å². The molecule has 0 aromatic heterocycles. The molecule has 0 aliphatic carbocycles. The van der Waals surface area contributed by atoms with Gasteiger partial charge in [0.15, 0.2) is 0 Å². The van der Waals surface area contributed by atoms with Crippen LogP contribution in [0.1, 0.15) is 12.5 Å². The van der Waals surface area contributed by atoms with E-state index in [1.807, 2.05) is 0 Å². The van der Waals surface area contributed by atoms with Crippen LogP contribution in [-0.4, -0.2) is 24.6 Å². The Morgan fingerprint density at radius 3 is 2.59 bits per heavy atom. The second kappa shape index (κ2) is 5.07. The highest BCUT2D eigenvalue weighted by atomic mass is 19.4. The van der Waals surface area contributed by atoms with Crippen LogP contribution < -0.4 is 4.74 Å². The van der Waals surface area contributed by atoms with Crippen molar-refractivity contribution in [2.75, 3.05) is 13.6 Å². The van der Waals surface area contributed by atoms with E-state index in [4.69, 9.17) is 4.74 Å². The minimum atomic E-state index is -4.45. The number of nitrogens with zero attached hydrogens (tertiary/aromatic N) is 1. The average molecular weight is 247 g/mol. The quantitative estimate of drug-likeness (QED) is 0.803. The van der Waals surface area contributed by atoms with Crippen molar-refractivity contribution >= 4 is 6.09 Å². The van der Waals surface area contributed by atoms with Crippen molar-refractivity contribution in [3.63, 3.8) is 0 Å². The first-order valence-corrected chi connectivity index (χ1v) is 4.94. The summed E-state index contributed by atoms with van der Waals surface area (Å²) in [6, 6.07) is 4.20. The van der Waals surface area contributed by atoms with E-state index in [2.05, 4.69) is 0 Å². The lowest BCUT2D eigenvalue weighted by atomic mass is 10.2. The molecule has 94 valence electrons. The van der Waals surface area contributed by atoms with Crippen molar-refractivity contribution in [3.8, 4) is 5.75 Å². The molecular weight excluding hydrogens is 235 g/mol. The molecule has 3 nitrogen and oxygen atoms in total. The Kier molecular flexibility index (Phi) is 3.98. The van der Waals surface area contributed by atoms with E-state index in [9.17, 15) is 18.0 Å². The SMILES string of the molecule is CCN(C)C(=O)Oc1cccc(C(F)(F)F)c1. The van der Waals surface area contributed by atoms with Crippen LogP contribution in [0.25, 0.3) is 0 Å². The van der Waals surface area contributed by atoms with Gasteiger partial charge in [-0.1, -0.05) is 6.07 Å². The van der Waals surface area contributed by atoms with E-state index in [0.29, 0.717) is 6.54 Å². The van der Waals surface area contributed by atoms with Crippen molar-refractivity contribution in [2.24, 2.45) is 0 Å². The van der Waals surface area contributed by atoms with Gasteiger partial charge >= 0.3 is 12.3 Å². The summed E-state index contributed by atoms with van der Waals surface area (Å²) < 4.78 is 41.9. The highest BCUT2D eigenvalue weighted by Gasteiger charge is 2.30. The molecule has 1 aromatic rings. The predicted octanol–water partition coefficient (Wildman–Crippen LogP) is 3.16. The third kappa shape index (κ3) is 3.65. The summed E-state index contributed by atoms with van der Waals surface area (Å²) >= 11 is 0. The summed E-state index contributed by atoms with van der Waals surface area (Å²) in [5, 5.41) is 0. The normalized spacial score (nSPS) is 11.1. The van der Waals surface area contributed by atoms with Gasteiger partial charge in [0.2, 0.25) is 0 Å². The molecule has 1 amide bonds. The summed E-state index contributed by atoms with van der Waals surface area (Å²) in [5.74, 6) is -0.120.